The smallest absolute Gasteiger partial charge is 0.148 e. The summed E-state index contributed by atoms with van der Waals surface area (Å²) in [6.45, 7) is 3.94. The zero-order valence-corrected chi connectivity index (χ0v) is 15.8. The summed E-state index contributed by atoms with van der Waals surface area (Å²) < 4.78 is 6.51. The summed E-state index contributed by atoms with van der Waals surface area (Å²) in [5.74, 6) is 0.663. The Hall–Kier alpha value is -2.29. The van der Waals surface area contributed by atoms with Crippen LogP contribution >= 0.6 is 0 Å². The summed E-state index contributed by atoms with van der Waals surface area (Å²) >= 11 is 0. The Balaban J connectivity index is 1.66. The van der Waals surface area contributed by atoms with Crippen molar-refractivity contribution in [2.45, 2.75) is 44.3 Å². The third kappa shape index (κ3) is 3.60. The van der Waals surface area contributed by atoms with Crippen LogP contribution in [0.4, 0.5) is 0 Å². The van der Waals surface area contributed by atoms with E-state index in [1.54, 1.807) is 0 Å². The van der Waals surface area contributed by atoms with Gasteiger partial charge >= 0.3 is 0 Å². The third-order valence-electron chi connectivity index (χ3n) is 5.81. The van der Waals surface area contributed by atoms with Gasteiger partial charge in [0.2, 0.25) is 0 Å². The summed E-state index contributed by atoms with van der Waals surface area (Å²) in [5.41, 5.74) is 10.4. The van der Waals surface area contributed by atoms with Gasteiger partial charge in [0.15, 0.2) is 0 Å². The Morgan fingerprint density at radius 2 is 2.11 bits per heavy atom. The Labute approximate surface area is 162 Å². The topological polar surface area (TPSA) is 62.3 Å². The Kier molecular flexibility index (Phi) is 5.20. The van der Waals surface area contributed by atoms with E-state index in [1.165, 1.54) is 11.1 Å². The molecule has 1 saturated heterocycles. The van der Waals surface area contributed by atoms with Gasteiger partial charge in [-0.25, -0.2) is 0 Å². The zero-order valence-electron chi connectivity index (χ0n) is 15.8. The second-order valence-corrected chi connectivity index (χ2v) is 7.56. The summed E-state index contributed by atoms with van der Waals surface area (Å²) in [5, 5.41) is 9.59. The van der Waals surface area contributed by atoms with Gasteiger partial charge in [-0.05, 0) is 49.1 Å². The fraction of sp³-hybridized carbons (Fsp3) is 0.409. The van der Waals surface area contributed by atoms with E-state index < -0.39 is 0 Å². The first-order valence-electron chi connectivity index (χ1n) is 9.77. The zero-order chi connectivity index (χ0) is 18.8. The number of likely N-dealkylation sites (tertiary alicyclic amines) is 1. The SMILES string of the molecule is C[B]c1ccc(O[C@@H]2c3ccccc3C[C@H]2N2CCC[C@@H](N)C2)c(C#N)c1. The minimum atomic E-state index is -0.0740. The van der Waals surface area contributed by atoms with E-state index in [2.05, 4.69) is 35.2 Å². The molecule has 3 atom stereocenters. The number of nitrogens with two attached hydrogens (primary N) is 1. The van der Waals surface area contributed by atoms with Crippen LogP contribution in [0.25, 0.3) is 0 Å². The average Bonchev–Trinajstić information content (AvgIpc) is 3.07. The van der Waals surface area contributed by atoms with Crippen molar-refractivity contribution < 1.29 is 4.74 Å². The fourth-order valence-corrected chi connectivity index (χ4v) is 4.40. The number of fused-ring (bicyclic) bond motifs is 1. The maximum atomic E-state index is 9.59. The van der Waals surface area contributed by atoms with Crippen molar-refractivity contribution in [2.75, 3.05) is 13.1 Å². The highest BCUT2D eigenvalue weighted by Crippen LogP contribution is 2.39. The number of benzene rings is 2. The van der Waals surface area contributed by atoms with Crippen molar-refractivity contribution in [1.29, 1.82) is 5.26 Å². The van der Waals surface area contributed by atoms with E-state index in [1.807, 2.05) is 32.3 Å². The van der Waals surface area contributed by atoms with Gasteiger partial charge in [-0.15, -0.1) is 0 Å². The van der Waals surface area contributed by atoms with Crippen molar-refractivity contribution in [3.63, 3.8) is 0 Å². The number of piperidine rings is 1. The molecule has 0 amide bonds. The standard InChI is InChI=1S/C22H25BN3O/c1-23-17-8-9-21(16(11-17)13-24)27-22-19-7-3-2-5-15(19)12-20(22)26-10-4-6-18(25)14-26/h2-3,5,7-9,11,18,20,22H,4,6,10,12,14,25H2,1H3/t18-,20-,22-/m1/s1. The molecule has 2 aromatic rings. The number of hydrogen-bond acceptors (Lipinski definition) is 4. The summed E-state index contributed by atoms with van der Waals surface area (Å²) in [6.07, 6.45) is 3.12. The lowest BCUT2D eigenvalue weighted by molar-refractivity contribution is 0.0591. The molecule has 5 heteroatoms. The lowest BCUT2D eigenvalue weighted by Crippen LogP contribution is -2.49. The van der Waals surface area contributed by atoms with Gasteiger partial charge in [0.25, 0.3) is 0 Å². The number of rotatable bonds is 4. The lowest BCUT2D eigenvalue weighted by atomic mass is 9.73. The molecule has 1 aliphatic carbocycles. The Morgan fingerprint density at radius 1 is 1.26 bits per heavy atom. The van der Waals surface area contributed by atoms with Crippen molar-refractivity contribution in [2.24, 2.45) is 5.73 Å². The molecule has 1 heterocycles. The van der Waals surface area contributed by atoms with Gasteiger partial charge in [-0.2, -0.15) is 5.26 Å². The molecule has 0 saturated carbocycles. The van der Waals surface area contributed by atoms with Crippen molar-refractivity contribution in [3.8, 4) is 11.8 Å². The molecule has 137 valence electrons. The second-order valence-electron chi connectivity index (χ2n) is 7.56. The first kappa shape index (κ1) is 18.1. The first-order valence-corrected chi connectivity index (χ1v) is 9.77. The van der Waals surface area contributed by atoms with Crippen molar-refractivity contribution >= 4 is 12.7 Å². The summed E-state index contributed by atoms with van der Waals surface area (Å²) in [6, 6.07) is 17.1. The molecule has 1 aliphatic heterocycles. The number of nitrogens with zero attached hydrogens (tertiary/aromatic N) is 2. The van der Waals surface area contributed by atoms with Crippen LogP contribution in [0.2, 0.25) is 6.82 Å². The monoisotopic (exact) mass is 358 g/mol. The van der Waals surface area contributed by atoms with Gasteiger partial charge in [0.1, 0.15) is 25.2 Å². The minimum Gasteiger partial charge on any atom is -0.483 e. The predicted octanol–water partition coefficient (Wildman–Crippen LogP) is 2.40. The van der Waals surface area contributed by atoms with E-state index in [-0.39, 0.29) is 18.2 Å². The molecule has 2 N–H and O–H groups in total. The fourth-order valence-electron chi connectivity index (χ4n) is 4.40. The van der Waals surface area contributed by atoms with Crippen LogP contribution in [0, 0.1) is 11.3 Å². The molecule has 0 bridgehead atoms. The van der Waals surface area contributed by atoms with Gasteiger partial charge in [-0.1, -0.05) is 42.6 Å². The number of hydrogen-bond donors (Lipinski definition) is 1. The number of nitriles is 1. The molecule has 0 spiro atoms. The quantitative estimate of drug-likeness (QED) is 0.853. The van der Waals surface area contributed by atoms with Crippen LogP contribution in [0.3, 0.4) is 0 Å². The van der Waals surface area contributed by atoms with Crippen LogP contribution < -0.4 is 15.9 Å². The van der Waals surface area contributed by atoms with E-state index in [4.69, 9.17) is 10.5 Å². The minimum absolute atomic E-state index is 0.0740. The molecule has 4 nitrogen and oxygen atoms in total. The van der Waals surface area contributed by atoms with E-state index >= 15 is 0 Å². The molecule has 4 rings (SSSR count). The molecule has 2 aromatic carbocycles. The second kappa shape index (κ2) is 7.76. The normalized spacial score (nSPS) is 24.9. The highest BCUT2D eigenvalue weighted by atomic mass is 16.5. The van der Waals surface area contributed by atoms with E-state index in [0.29, 0.717) is 11.3 Å². The largest absolute Gasteiger partial charge is 0.483 e. The van der Waals surface area contributed by atoms with Crippen LogP contribution in [0.5, 0.6) is 5.75 Å². The van der Waals surface area contributed by atoms with Crippen LogP contribution in [0.1, 0.15) is 35.6 Å². The highest BCUT2D eigenvalue weighted by Gasteiger charge is 2.39. The van der Waals surface area contributed by atoms with E-state index in [0.717, 1.165) is 37.8 Å². The molecule has 1 fully saturated rings. The molecule has 0 unspecified atom stereocenters. The highest BCUT2D eigenvalue weighted by molar-refractivity contribution is 6.51. The van der Waals surface area contributed by atoms with Crippen molar-refractivity contribution in [1.82, 2.24) is 4.90 Å². The molecule has 2 aliphatic rings. The molecule has 0 aromatic heterocycles. The molecular formula is C22H25BN3O. The Bertz CT molecular complexity index is 863. The number of ether oxygens (including phenoxy) is 1. The van der Waals surface area contributed by atoms with Gasteiger partial charge < -0.3 is 10.5 Å². The van der Waals surface area contributed by atoms with E-state index in [9.17, 15) is 5.26 Å². The Morgan fingerprint density at radius 3 is 2.89 bits per heavy atom. The predicted molar refractivity (Wildman–Crippen MR) is 108 cm³/mol. The average molecular weight is 358 g/mol. The van der Waals surface area contributed by atoms with Gasteiger partial charge in [-0.3, -0.25) is 4.90 Å². The maximum absolute atomic E-state index is 9.59. The van der Waals surface area contributed by atoms with Crippen molar-refractivity contribution in [3.05, 3.63) is 59.2 Å². The first-order chi connectivity index (χ1) is 13.2. The summed E-state index contributed by atoms with van der Waals surface area (Å²) in [4.78, 5) is 2.49. The van der Waals surface area contributed by atoms with Crippen LogP contribution in [-0.4, -0.2) is 37.4 Å². The molecule has 27 heavy (non-hydrogen) atoms. The van der Waals surface area contributed by atoms with Crippen LogP contribution in [0.15, 0.2) is 42.5 Å². The maximum Gasteiger partial charge on any atom is 0.148 e. The summed E-state index contributed by atoms with van der Waals surface area (Å²) in [7, 11) is 1.99. The molecule has 1 radical (unpaired) electrons. The van der Waals surface area contributed by atoms with Gasteiger partial charge in [0.05, 0.1) is 11.6 Å². The van der Waals surface area contributed by atoms with Crippen LogP contribution in [-0.2, 0) is 6.42 Å². The third-order valence-corrected chi connectivity index (χ3v) is 5.81. The van der Waals surface area contributed by atoms with Gasteiger partial charge in [0, 0.05) is 12.6 Å². The lowest BCUT2D eigenvalue weighted by Gasteiger charge is -2.38. The molecular weight excluding hydrogens is 333 g/mol.